The van der Waals surface area contributed by atoms with Crippen molar-refractivity contribution in [3.8, 4) is 0 Å². The van der Waals surface area contributed by atoms with Crippen LogP contribution in [0.3, 0.4) is 0 Å². The van der Waals surface area contributed by atoms with E-state index < -0.39 is 11.7 Å². The van der Waals surface area contributed by atoms with E-state index in [0.717, 1.165) is 6.07 Å². The number of aromatic nitrogens is 1. The zero-order chi connectivity index (χ0) is 13.8. The van der Waals surface area contributed by atoms with Crippen molar-refractivity contribution in [2.45, 2.75) is 0 Å². The summed E-state index contributed by atoms with van der Waals surface area (Å²) in [6.45, 7) is 0. The fraction of sp³-hybridized carbons (Fsp3) is 0. The van der Waals surface area contributed by atoms with Gasteiger partial charge in [0.1, 0.15) is 11.6 Å². The van der Waals surface area contributed by atoms with Crippen molar-refractivity contribution in [2.24, 2.45) is 5.84 Å². The van der Waals surface area contributed by atoms with Gasteiger partial charge in [-0.3, -0.25) is 4.79 Å². The van der Waals surface area contributed by atoms with Crippen molar-refractivity contribution in [3.63, 3.8) is 0 Å². The Hall–Kier alpha value is -2.18. The van der Waals surface area contributed by atoms with Crippen molar-refractivity contribution in [1.29, 1.82) is 0 Å². The zero-order valence-corrected chi connectivity index (χ0v) is 10.4. The van der Waals surface area contributed by atoms with Gasteiger partial charge in [-0.05, 0) is 30.3 Å². The molecule has 7 heteroatoms. The Morgan fingerprint density at radius 2 is 2.11 bits per heavy atom. The molecule has 2 rings (SSSR count). The number of amides is 1. The molecule has 0 spiro atoms. The molecule has 1 heterocycles. The van der Waals surface area contributed by atoms with Crippen LogP contribution in [0.15, 0.2) is 36.5 Å². The van der Waals surface area contributed by atoms with Gasteiger partial charge in [-0.15, -0.1) is 0 Å². The SMILES string of the molecule is NNc1ccc(C(=O)Nc2ccc(F)cc2Cl)cn1. The maximum absolute atomic E-state index is 12.9. The van der Waals surface area contributed by atoms with Gasteiger partial charge in [0.15, 0.2) is 0 Å². The second-order valence-electron chi connectivity index (χ2n) is 3.65. The third kappa shape index (κ3) is 3.18. The van der Waals surface area contributed by atoms with Crippen LogP contribution >= 0.6 is 11.6 Å². The molecule has 1 amide bonds. The number of nitrogen functional groups attached to an aromatic ring is 1. The molecule has 5 nitrogen and oxygen atoms in total. The van der Waals surface area contributed by atoms with Gasteiger partial charge in [-0.1, -0.05) is 11.6 Å². The number of carbonyl (C=O) groups excluding carboxylic acids is 1. The Labute approximate surface area is 113 Å². The molecule has 0 saturated carbocycles. The first-order valence-corrected chi connectivity index (χ1v) is 5.67. The van der Waals surface area contributed by atoms with E-state index in [0.29, 0.717) is 17.1 Å². The molecule has 0 aliphatic carbocycles. The molecule has 0 radical (unpaired) electrons. The van der Waals surface area contributed by atoms with Gasteiger partial charge in [0.2, 0.25) is 0 Å². The molecule has 2 aromatic rings. The van der Waals surface area contributed by atoms with Crippen LogP contribution in [0.4, 0.5) is 15.9 Å². The predicted octanol–water partition coefficient (Wildman–Crippen LogP) is 2.41. The lowest BCUT2D eigenvalue weighted by Gasteiger charge is -2.07. The van der Waals surface area contributed by atoms with Crippen LogP contribution in [0, 0.1) is 5.82 Å². The van der Waals surface area contributed by atoms with Crippen LogP contribution in [0.2, 0.25) is 5.02 Å². The molecule has 98 valence electrons. The van der Waals surface area contributed by atoms with Gasteiger partial charge < -0.3 is 10.7 Å². The van der Waals surface area contributed by atoms with Crippen molar-refractivity contribution < 1.29 is 9.18 Å². The molecule has 0 atom stereocenters. The molecule has 0 unspecified atom stereocenters. The van der Waals surface area contributed by atoms with E-state index in [2.05, 4.69) is 15.7 Å². The van der Waals surface area contributed by atoms with Crippen LogP contribution in [0.25, 0.3) is 0 Å². The van der Waals surface area contributed by atoms with Gasteiger partial charge in [0, 0.05) is 6.20 Å². The summed E-state index contributed by atoms with van der Waals surface area (Å²) in [7, 11) is 0. The zero-order valence-electron chi connectivity index (χ0n) is 9.65. The lowest BCUT2D eigenvalue weighted by atomic mass is 10.2. The highest BCUT2D eigenvalue weighted by atomic mass is 35.5. The molecular formula is C12H10ClFN4O. The quantitative estimate of drug-likeness (QED) is 0.596. The summed E-state index contributed by atoms with van der Waals surface area (Å²) in [6.07, 6.45) is 1.36. The minimum atomic E-state index is -0.469. The van der Waals surface area contributed by atoms with Gasteiger partial charge in [0.05, 0.1) is 16.3 Å². The first-order chi connectivity index (χ1) is 9.10. The average Bonchev–Trinajstić information content (AvgIpc) is 2.42. The van der Waals surface area contributed by atoms with E-state index >= 15 is 0 Å². The number of hydrogen-bond acceptors (Lipinski definition) is 4. The number of pyridine rings is 1. The summed E-state index contributed by atoms with van der Waals surface area (Å²) in [5.41, 5.74) is 3.01. The van der Waals surface area contributed by atoms with Gasteiger partial charge in [-0.25, -0.2) is 15.2 Å². The number of rotatable bonds is 3. The van der Waals surface area contributed by atoms with Crippen LogP contribution < -0.4 is 16.6 Å². The van der Waals surface area contributed by atoms with E-state index in [-0.39, 0.29) is 5.02 Å². The van der Waals surface area contributed by atoms with E-state index in [4.69, 9.17) is 17.4 Å². The van der Waals surface area contributed by atoms with Crippen molar-refractivity contribution >= 4 is 29.0 Å². The number of benzene rings is 1. The van der Waals surface area contributed by atoms with E-state index in [1.807, 2.05) is 0 Å². The minimum absolute atomic E-state index is 0.126. The third-order valence-corrected chi connectivity index (χ3v) is 2.67. The number of hydrogen-bond donors (Lipinski definition) is 3. The summed E-state index contributed by atoms with van der Waals surface area (Å²) >= 11 is 5.81. The molecular weight excluding hydrogens is 271 g/mol. The number of halogens is 2. The second kappa shape index (κ2) is 5.64. The second-order valence-corrected chi connectivity index (χ2v) is 4.06. The van der Waals surface area contributed by atoms with Crippen molar-refractivity contribution in [2.75, 3.05) is 10.7 Å². The van der Waals surface area contributed by atoms with Gasteiger partial charge in [-0.2, -0.15) is 0 Å². The lowest BCUT2D eigenvalue weighted by Crippen LogP contribution is -2.14. The van der Waals surface area contributed by atoms with Crippen molar-refractivity contribution in [3.05, 3.63) is 52.9 Å². The number of carbonyl (C=O) groups is 1. The van der Waals surface area contributed by atoms with E-state index in [1.54, 1.807) is 12.1 Å². The number of nitrogens with two attached hydrogens (primary N) is 1. The Balaban J connectivity index is 2.15. The highest BCUT2D eigenvalue weighted by molar-refractivity contribution is 6.33. The van der Waals surface area contributed by atoms with Crippen LogP contribution in [0.1, 0.15) is 10.4 Å². The molecule has 4 N–H and O–H groups in total. The molecule has 0 aliphatic rings. The van der Waals surface area contributed by atoms with Crippen molar-refractivity contribution in [1.82, 2.24) is 4.98 Å². The maximum Gasteiger partial charge on any atom is 0.257 e. The highest BCUT2D eigenvalue weighted by Gasteiger charge is 2.09. The monoisotopic (exact) mass is 280 g/mol. The van der Waals surface area contributed by atoms with E-state index in [1.165, 1.54) is 18.3 Å². The topological polar surface area (TPSA) is 80.0 Å². The molecule has 1 aromatic heterocycles. The molecule has 0 aliphatic heterocycles. The van der Waals surface area contributed by atoms with E-state index in [9.17, 15) is 9.18 Å². The van der Waals surface area contributed by atoms with Gasteiger partial charge >= 0.3 is 0 Å². The summed E-state index contributed by atoms with van der Waals surface area (Å²) in [5, 5.41) is 2.69. The summed E-state index contributed by atoms with van der Waals surface area (Å²) in [4.78, 5) is 15.8. The van der Waals surface area contributed by atoms with Gasteiger partial charge in [0.25, 0.3) is 5.91 Å². The van der Waals surface area contributed by atoms with Crippen LogP contribution in [0.5, 0.6) is 0 Å². The first-order valence-electron chi connectivity index (χ1n) is 5.29. The largest absolute Gasteiger partial charge is 0.321 e. The first kappa shape index (κ1) is 13.3. The lowest BCUT2D eigenvalue weighted by molar-refractivity contribution is 0.102. The molecule has 1 aromatic carbocycles. The molecule has 19 heavy (non-hydrogen) atoms. The smallest absolute Gasteiger partial charge is 0.257 e. The minimum Gasteiger partial charge on any atom is -0.321 e. The molecule has 0 bridgehead atoms. The normalized spacial score (nSPS) is 10.1. The standard InChI is InChI=1S/C12H10ClFN4O/c13-9-5-8(14)2-3-10(9)17-12(19)7-1-4-11(18-15)16-6-7/h1-6H,15H2,(H,16,18)(H,17,19). The average molecular weight is 281 g/mol. The third-order valence-electron chi connectivity index (χ3n) is 2.35. The Morgan fingerprint density at radius 3 is 2.68 bits per heavy atom. The highest BCUT2D eigenvalue weighted by Crippen LogP contribution is 2.23. The van der Waals surface area contributed by atoms with Crippen LogP contribution in [-0.2, 0) is 0 Å². The maximum atomic E-state index is 12.9. The fourth-order valence-corrected chi connectivity index (χ4v) is 1.61. The van der Waals surface area contributed by atoms with Crippen LogP contribution in [-0.4, -0.2) is 10.9 Å². The Morgan fingerprint density at radius 1 is 1.32 bits per heavy atom. The number of nitrogens with zero attached hydrogens (tertiary/aromatic N) is 1. The number of anilines is 2. The number of hydrazine groups is 1. The number of nitrogens with one attached hydrogen (secondary N) is 2. The summed E-state index contributed by atoms with van der Waals surface area (Å²) < 4.78 is 12.9. The molecule has 0 fully saturated rings. The molecule has 0 saturated heterocycles. The fourth-order valence-electron chi connectivity index (χ4n) is 1.40. The summed E-state index contributed by atoms with van der Waals surface area (Å²) in [6, 6.07) is 6.83. The predicted molar refractivity (Wildman–Crippen MR) is 71.4 cm³/mol. The Bertz CT molecular complexity index is 603. The summed E-state index contributed by atoms with van der Waals surface area (Å²) in [5.74, 6) is 4.74. The Kier molecular flexibility index (Phi) is 3.94.